The maximum Gasteiger partial charge on any atom is 0.147 e. The quantitative estimate of drug-likeness (QED) is 0.206. The summed E-state index contributed by atoms with van der Waals surface area (Å²) >= 11 is 0. The fourth-order valence-corrected chi connectivity index (χ4v) is 9.54. The molecular weight excluding hydrogens is 441 g/mol. The number of nitrogens with one attached hydrogen (secondary N) is 1. The van der Waals surface area contributed by atoms with Gasteiger partial charge in [-0.05, 0) is 36.4 Å². The minimum atomic E-state index is -2.31. The van der Waals surface area contributed by atoms with Gasteiger partial charge in [-0.1, -0.05) is 115 Å². The number of rotatable bonds is 7. The van der Waals surface area contributed by atoms with Crippen LogP contribution in [0.2, 0.25) is 0 Å². The molecule has 0 saturated heterocycles. The zero-order chi connectivity index (χ0) is 23.9. The summed E-state index contributed by atoms with van der Waals surface area (Å²) in [5, 5.41) is 8.97. The lowest BCUT2D eigenvalue weighted by Crippen LogP contribution is -2.33. The summed E-state index contributed by atoms with van der Waals surface area (Å²) in [6, 6.07) is 54.7. The van der Waals surface area contributed by atoms with E-state index in [-0.39, 0.29) is 0 Å². The van der Waals surface area contributed by atoms with E-state index in [1.807, 2.05) is 7.05 Å². The van der Waals surface area contributed by atoms with Crippen LogP contribution in [-0.2, 0) is 0 Å². The molecule has 0 bridgehead atoms. The molecule has 0 aliphatic heterocycles. The van der Waals surface area contributed by atoms with Gasteiger partial charge in [-0.25, -0.2) is 0 Å². The molecule has 0 heterocycles. The fourth-order valence-electron chi connectivity index (χ4n) is 4.90. The third-order valence-electron chi connectivity index (χ3n) is 6.36. The summed E-state index contributed by atoms with van der Waals surface area (Å²) in [6.45, 7) is 0. The number of benzene rings is 5. The van der Waals surface area contributed by atoms with Crippen LogP contribution in [-0.4, -0.2) is 7.05 Å². The van der Waals surface area contributed by atoms with Gasteiger partial charge in [0, 0.05) is 18.2 Å². The maximum absolute atomic E-state index is 3.64. The molecule has 0 fully saturated rings. The lowest BCUT2D eigenvalue weighted by atomic mass is 10.1. The van der Waals surface area contributed by atoms with Crippen molar-refractivity contribution in [3.63, 3.8) is 0 Å². The molecule has 0 aromatic heterocycles. The molecule has 5 rings (SSSR count). The Hall–Kier alpha value is -3.93. The summed E-state index contributed by atoms with van der Waals surface area (Å²) in [4.78, 5) is 0. The van der Waals surface area contributed by atoms with Crippen LogP contribution >= 0.6 is 7.26 Å². The van der Waals surface area contributed by atoms with Crippen LogP contribution < -0.4 is 21.2 Å². The normalized spacial score (nSPS) is 12.0. The first kappa shape index (κ1) is 22.8. The van der Waals surface area contributed by atoms with E-state index in [9.17, 15) is 0 Å². The Labute approximate surface area is 209 Å². The second-order valence-corrected chi connectivity index (χ2v) is 11.7. The molecule has 0 saturated carbocycles. The van der Waals surface area contributed by atoms with Crippen LogP contribution in [0.15, 0.2) is 152 Å². The lowest BCUT2D eigenvalue weighted by Gasteiger charge is -2.31. The van der Waals surface area contributed by atoms with Gasteiger partial charge in [0.05, 0.1) is 5.70 Å². The highest BCUT2D eigenvalue weighted by Crippen LogP contribution is 2.67. The number of hydrogen-bond donors (Lipinski definition) is 1. The van der Waals surface area contributed by atoms with Crippen molar-refractivity contribution in [3.05, 3.63) is 163 Å². The molecule has 2 heteroatoms. The molecule has 0 atom stereocenters. The van der Waals surface area contributed by atoms with Gasteiger partial charge in [0.25, 0.3) is 0 Å². The monoisotopic (exact) mass is 470 g/mol. The first-order valence-corrected chi connectivity index (χ1v) is 13.7. The average molecular weight is 471 g/mol. The van der Waals surface area contributed by atoms with E-state index in [0.717, 1.165) is 5.70 Å². The largest absolute Gasteiger partial charge is 0.384 e. The third kappa shape index (κ3) is 4.32. The van der Waals surface area contributed by atoms with E-state index >= 15 is 0 Å². The minimum absolute atomic E-state index is 1.15. The van der Waals surface area contributed by atoms with Crippen molar-refractivity contribution in [3.8, 4) is 0 Å². The van der Waals surface area contributed by atoms with Gasteiger partial charge in [0.1, 0.15) is 28.5 Å². The molecule has 35 heavy (non-hydrogen) atoms. The first-order valence-electron chi connectivity index (χ1n) is 11.9. The van der Waals surface area contributed by atoms with Crippen molar-refractivity contribution in [2.75, 3.05) is 7.05 Å². The summed E-state index contributed by atoms with van der Waals surface area (Å²) < 4.78 is 0. The van der Waals surface area contributed by atoms with Gasteiger partial charge in [-0.2, -0.15) is 0 Å². The van der Waals surface area contributed by atoms with Crippen LogP contribution in [0.5, 0.6) is 0 Å². The topological polar surface area (TPSA) is 12.0 Å². The van der Waals surface area contributed by atoms with Gasteiger partial charge < -0.3 is 5.32 Å². The average Bonchev–Trinajstić information content (AvgIpc) is 2.96. The summed E-state index contributed by atoms with van der Waals surface area (Å²) in [5.74, 6) is 0. The summed E-state index contributed by atoms with van der Waals surface area (Å²) in [5.41, 5.74) is 3.56. The van der Waals surface area contributed by atoms with E-state index in [1.54, 1.807) is 0 Å². The van der Waals surface area contributed by atoms with E-state index in [0.29, 0.717) is 0 Å². The summed E-state index contributed by atoms with van der Waals surface area (Å²) in [6.07, 6.45) is 0. The van der Waals surface area contributed by atoms with Gasteiger partial charge >= 0.3 is 0 Å². The molecule has 1 N–H and O–H groups in total. The Morgan fingerprint density at radius 3 is 1.09 bits per heavy atom. The van der Waals surface area contributed by atoms with Crippen molar-refractivity contribution in [1.29, 1.82) is 0 Å². The zero-order valence-electron chi connectivity index (χ0n) is 19.9. The highest BCUT2D eigenvalue weighted by atomic mass is 31.2. The van der Waals surface area contributed by atoms with Crippen LogP contribution in [0, 0.1) is 0 Å². The van der Waals surface area contributed by atoms with Crippen molar-refractivity contribution < 1.29 is 0 Å². The Kier molecular flexibility index (Phi) is 6.89. The van der Waals surface area contributed by atoms with E-state index in [2.05, 4.69) is 157 Å². The molecule has 1 nitrogen and oxygen atoms in total. The Morgan fingerprint density at radius 2 is 0.743 bits per heavy atom. The second-order valence-electron chi connectivity index (χ2n) is 8.38. The molecule has 0 spiro atoms. The van der Waals surface area contributed by atoms with Crippen molar-refractivity contribution in [2.24, 2.45) is 0 Å². The fraction of sp³-hybridized carbons (Fsp3) is 0.0303. The minimum Gasteiger partial charge on any atom is -0.384 e. The van der Waals surface area contributed by atoms with E-state index in [1.165, 1.54) is 32.4 Å². The standard InChI is InChI=1S/C33H29NP/c1-34-32(27-17-7-2-8-18-27)33(28-19-9-3-10-20-28)35(29-21-11-4-12-22-29,30-23-13-5-14-24-30)31-25-15-6-16-26-31/h2-26,34H,1H3/q+1/b33-32+. The van der Waals surface area contributed by atoms with Crippen LogP contribution in [0.25, 0.3) is 11.0 Å². The Bertz CT molecular complexity index is 1280. The van der Waals surface area contributed by atoms with Gasteiger partial charge in [0.15, 0.2) is 0 Å². The Morgan fingerprint density at radius 1 is 0.429 bits per heavy atom. The van der Waals surface area contributed by atoms with E-state index in [4.69, 9.17) is 0 Å². The second kappa shape index (κ2) is 10.6. The SMILES string of the molecule is CN/C(=C(\c1ccccc1)[P+](c1ccccc1)(c1ccccc1)c1ccccc1)c1ccccc1. The van der Waals surface area contributed by atoms with Gasteiger partial charge in [-0.3, -0.25) is 0 Å². The van der Waals surface area contributed by atoms with Crippen LogP contribution in [0.3, 0.4) is 0 Å². The highest BCUT2D eigenvalue weighted by molar-refractivity contribution is 8.03. The molecule has 0 amide bonds. The predicted octanol–water partition coefficient (Wildman–Crippen LogP) is 6.73. The maximum atomic E-state index is 3.64. The lowest BCUT2D eigenvalue weighted by molar-refractivity contribution is 1.13. The van der Waals surface area contributed by atoms with Gasteiger partial charge in [-0.15, -0.1) is 0 Å². The molecule has 5 aromatic rings. The zero-order valence-corrected chi connectivity index (χ0v) is 20.8. The van der Waals surface area contributed by atoms with E-state index < -0.39 is 7.26 Å². The smallest absolute Gasteiger partial charge is 0.147 e. The molecule has 0 radical (unpaired) electrons. The van der Waals surface area contributed by atoms with Crippen molar-refractivity contribution >= 4 is 34.2 Å². The molecule has 5 aromatic carbocycles. The third-order valence-corrected chi connectivity index (χ3v) is 10.7. The van der Waals surface area contributed by atoms with Crippen LogP contribution in [0.1, 0.15) is 11.1 Å². The molecule has 170 valence electrons. The van der Waals surface area contributed by atoms with Crippen molar-refractivity contribution in [2.45, 2.75) is 0 Å². The predicted molar refractivity (Wildman–Crippen MR) is 154 cm³/mol. The van der Waals surface area contributed by atoms with Crippen molar-refractivity contribution in [1.82, 2.24) is 5.32 Å². The molecule has 0 aliphatic carbocycles. The molecular formula is C33H29NP+. The number of hydrogen-bond acceptors (Lipinski definition) is 1. The van der Waals surface area contributed by atoms with Crippen LogP contribution in [0.4, 0.5) is 0 Å². The molecule has 0 unspecified atom stereocenters. The first-order chi connectivity index (χ1) is 17.4. The molecule has 0 aliphatic rings. The summed E-state index contributed by atoms with van der Waals surface area (Å²) in [7, 11) is -0.264. The van der Waals surface area contributed by atoms with Gasteiger partial charge in [0.2, 0.25) is 0 Å². The Balaban J connectivity index is 2.02. The highest BCUT2D eigenvalue weighted by Gasteiger charge is 2.51.